The van der Waals surface area contributed by atoms with E-state index in [0.717, 1.165) is 17.4 Å². The molecule has 5 nitrogen and oxygen atoms in total. The third-order valence-electron chi connectivity index (χ3n) is 2.99. The van der Waals surface area contributed by atoms with Crippen LogP contribution in [0.5, 0.6) is 0 Å². The van der Waals surface area contributed by atoms with Crippen LogP contribution in [0.2, 0.25) is 0 Å². The molecule has 20 heavy (non-hydrogen) atoms. The molecule has 104 valence electrons. The highest BCUT2D eigenvalue weighted by molar-refractivity contribution is 5.88. The third kappa shape index (κ3) is 2.77. The lowest BCUT2D eigenvalue weighted by Gasteiger charge is -2.06. The summed E-state index contributed by atoms with van der Waals surface area (Å²) in [5, 5.41) is 0. The summed E-state index contributed by atoms with van der Waals surface area (Å²) in [6.07, 6.45) is 2.34. The molecule has 0 amide bonds. The zero-order chi connectivity index (χ0) is 14.5. The van der Waals surface area contributed by atoms with Gasteiger partial charge in [0.15, 0.2) is 18.4 Å². The highest BCUT2D eigenvalue weighted by Gasteiger charge is 2.19. The molecule has 1 aromatic heterocycles. The van der Waals surface area contributed by atoms with Crippen LogP contribution in [0.25, 0.3) is 0 Å². The predicted octanol–water partition coefficient (Wildman–Crippen LogP) is 2.56. The van der Waals surface area contributed by atoms with Gasteiger partial charge in [-0.3, -0.25) is 4.79 Å². The first kappa shape index (κ1) is 14.0. The minimum atomic E-state index is -0.517. The van der Waals surface area contributed by atoms with Crippen LogP contribution in [0.4, 0.5) is 0 Å². The smallest absolute Gasteiger partial charge is 0.360 e. The van der Waals surface area contributed by atoms with E-state index in [-0.39, 0.29) is 12.3 Å². The number of hydrogen-bond donors (Lipinski definition) is 0. The first-order chi connectivity index (χ1) is 9.67. The van der Waals surface area contributed by atoms with E-state index >= 15 is 0 Å². The summed E-state index contributed by atoms with van der Waals surface area (Å²) >= 11 is 0. The summed E-state index contributed by atoms with van der Waals surface area (Å²) in [6.45, 7) is 3.86. The highest BCUT2D eigenvalue weighted by atomic mass is 16.5. The molecular formula is C15H15NO4. The first-order valence-electron chi connectivity index (χ1n) is 6.30. The maximum absolute atomic E-state index is 11.7. The van der Waals surface area contributed by atoms with Crippen LogP contribution >= 0.6 is 0 Å². The number of nitrogens with zero attached hydrogens (tertiary/aromatic N) is 1. The van der Waals surface area contributed by atoms with Gasteiger partial charge in [0.05, 0.1) is 6.61 Å². The summed E-state index contributed by atoms with van der Waals surface area (Å²) in [6, 6.07) is 5.55. The Morgan fingerprint density at radius 1 is 1.45 bits per heavy atom. The molecule has 1 aromatic carbocycles. The fourth-order valence-corrected chi connectivity index (χ4v) is 2.00. The van der Waals surface area contributed by atoms with Crippen LogP contribution in [0, 0.1) is 6.92 Å². The second-order valence-electron chi connectivity index (χ2n) is 4.29. The van der Waals surface area contributed by atoms with E-state index in [2.05, 4.69) is 4.98 Å². The van der Waals surface area contributed by atoms with E-state index in [1.165, 1.54) is 6.39 Å². The van der Waals surface area contributed by atoms with Gasteiger partial charge in [0.2, 0.25) is 0 Å². The summed E-state index contributed by atoms with van der Waals surface area (Å²) in [5.74, 6) is -0.117. The van der Waals surface area contributed by atoms with Gasteiger partial charge >= 0.3 is 5.97 Å². The fraction of sp³-hybridized carbons (Fsp3) is 0.267. The van der Waals surface area contributed by atoms with E-state index in [9.17, 15) is 9.59 Å². The van der Waals surface area contributed by atoms with Crippen LogP contribution < -0.4 is 0 Å². The van der Waals surface area contributed by atoms with Crippen molar-refractivity contribution in [1.29, 1.82) is 0 Å². The number of carbonyl (C=O) groups is 2. The molecular weight excluding hydrogens is 258 g/mol. The van der Waals surface area contributed by atoms with Crippen LogP contribution in [0.3, 0.4) is 0 Å². The number of rotatable bonds is 5. The Morgan fingerprint density at radius 2 is 2.25 bits per heavy atom. The molecule has 0 atom stereocenters. The molecule has 2 aromatic rings. The van der Waals surface area contributed by atoms with Crippen molar-refractivity contribution in [1.82, 2.24) is 4.98 Å². The number of ether oxygens (including phenoxy) is 1. The third-order valence-corrected chi connectivity index (χ3v) is 2.99. The van der Waals surface area contributed by atoms with Crippen molar-refractivity contribution < 1.29 is 18.7 Å². The van der Waals surface area contributed by atoms with Crippen LogP contribution in [0.15, 0.2) is 29.0 Å². The first-order valence-corrected chi connectivity index (χ1v) is 6.30. The molecule has 0 fully saturated rings. The Balaban J connectivity index is 2.32. The Labute approximate surface area is 116 Å². The molecule has 0 N–H and O–H groups in total. The molecule has 0 radical (unpaired) electrons. The average Bonchev–Trinajstić information content (AvgIpc) is 2.87. The zero-order valence-corrected chi connectivity index (χ0v) is 11.4. The number of oxazole rings is 1. The lowest BCUT2D eigenvalue weighted by atomic mass is 9.99. The Bertz CT molecular complexity index is 631. The normalized spacial score (nSPS) is 10.3. The quantitative estimate of drug-likeness (QED) is 0.618. The van der Waals surface area contributed by atoms with Gasteiger partial charge in [0.25, 0.3) is 0 Å². The monoisotopic (exact) mass is 273 g/mol. The molecule has 0 aliphatic rings. The fourth-order valence-electron chi connectivity index (χ4n) is 2.00. The van der Waals surface area contributed by atoms with Gasteiger partial charge in [-0.05, 0) is 25.0 Å². The van der Waals surface area contributed by atoms with Gasteiger partial charge in [-0.1, -0.05) is 18.2 Å². The lowest BCUT2D eigenvalue weighted by molar-refractivity contribution is 0.0518. The maximum atomic E-state index is 11.7. The van der Waals surface area contributed by atoms with Crippen molar-refractivity contribution in [3.05, 3.63) is 52.7 Å². The number of aldehydes is 1. The van der Waals surface area contributed by atoms with E-state index < -0.39 is 5.97 Å². The molecule has 0 saturated heterocycles. The van der Waals surface area contributed by atoms with Crippen molar-refractivity contribution in [2.75, 3.05) is 6.61 Å². The Morgan fingerprint density at radius 3 is 2.95 bits per heavy atom. The maximum Gasteiger partial charge on any atom is 0.360 e. The zero-order valence-electron chi connectivity index (χ0n) is 11.4. The summed E-state index contributed by atoms with van der Waals surface area (Å²) in [5.41, 5.74) is 2.45. The van der Waals surface area contributed by atoms with Crippen LogP contribution in [0.1, 0.15) is 44.7 Å². The molecule has 0 unspecified atom stereocenters. The highest BCUT2D eigenvalue weighted by Crippen LogP contribution is 2.19. The summed E-state index contributed by atoms with van der Waals surface area (Å²) in [7, 11) is 0. The average molecular weight is 273 g/mol. The number of benzene rings is 1. The van der Waals surface area contributed by atoms with Gasteiger partial charge in [-0.15, -0.1) is 0 Å². The molecule has 2 rings (SSSR count). The number of esters is 1. The van der Waals surface area contributed by atoms with Crippen molar-refractivity contribution in [2.24, 2.45) is 0 Å². The van der Waals surface area contributed by atoms with E-state index in [1.807, 2.05) is 25.1 Å². The molecule has 0 aliphatic carbocycles. The van der Waals surface area contributed by atoms with E-state index in [1.54, 1.807) is 6.92 Å². The predicted molar refractivity (Wildman–Crippen MR) is 71.8 cm³/mol. The number of aryl methyl sites for hydroxylation is 1. The van der Waals surface area contributed by atoms with Crippen molar-refractivity contribution >= 4 is 12.3 Å². The largest absolute Gasteiger partial charge is 0.461 e. The van der Waals surface area contributed by atoms with E-state index in [0.29, 0.717) is 17.7 Å². The van der Waals surface area contributed by atoms with Gasteiger partial charge in [-0.25, -0.2) is 9.78 Å². The molecule has 5 heteroatoms. The number of aromatic nitrogens is 1. The lowest BCUT2D eigenvalue weighted by Crippen LogP contribution is -2.08. The van der Waals surface area contributed by atoms with Crippen molar-refractivity contribution in [2.45, 2.75) is 20.3 Å². The number of hydrogen-bond acceptors (Lipinski definition) is 5. The van der Waals surface area contributed by atoms with Gasteiger partial charge in [-0.2, -0.15) is 0 Å². The van der Waals surface area contributed by atoms with Crippen molar-refractivity contribution in [3.8, 4) is 0 Å². The molecule has 0 saturated carbocycles. The number of carbonyl (C=O) groups excluding carboxylic acids is 2. The molecule has 0 bridgehead atoms. The second kappa shape index (κ2) is 6.14. The Kier molecular flexibility index (Phi) is 4.30. The van der Waals surface area contributed by atoms with Gasteiger partial charge in [0.1, 0.15) is 5.76 Å². The van der Waals surface area contributed by atoms with Crippen LogP contribution in [-0.2, 0) is 11.2 Å². The van der Waals surface area contributed by atoms with E-state index in [4.69, 9.17) is 9.15 Å². The second-order valence-corrected chi connectivity index (χ2v) is 4.29. The minimum Gasteiger partial charge on any atom is -0.461 e. The molecule has 1 heterocycles. The summed E-state index contributed by atoms with van der Waals surface area (Å²) in [4.78, 5) is 26.8. The minimum absolute atomic E-state index is 0.158. The van der Waals surface area contributed by atoms with Crippen molar-refractivity contribution in [3.63, 3.8) is 0 Å². The Hall–Kier alpha value is -2.43. The molecule has 0 aliphatic heterocycles. The van der Waals surface area contributed by atoms with Gasteiger partial charge < -0.3 is 9.15 Å². The summed E-state index contributed by atoms with van der Waals surface area (Å²) < 4.78 is 10.2. The topological polar surface area (TPSA) is 69.4 Å². The van der Waals surface area contributed by atoms with Crippen LogP contribution in [-0.4, -0.2) is 23.8 Å². The SMILES string of the molecule is CCOC(=O)c1ncoc1Cc1cccc(C)c1C=O. The molecule has 0 spiro atoms. The van der Waals surface area contributed by atoms with Gasteiger partial charge in [0, 0.05) is 12.0 Å². The standard InChI is InChI=1S/C15H15NO4/c1-3-19-15(18)14-13(20-9-16-14)7-11-6-4-5-10(2)12(11)8-17/h4-6,8-9H,3,7H2,1-2H3.